The number of aromatic amines is 1. The number of hydrogen-bond donors (Lipinski definition) is 3. The highest BCUT2D eigenvalue weighted by atomic mass is 31.1. The zero-order valence-electron chi connectivity index (χ0n) is 24.8. The van der Waals surface area contributed by atoms with Gasteiger partial charge in [0.25, 0.3) is 0 Å². The Morgan fingerprint density at radius 1 is 1.00 bits per heavy atom. The number of ether oxygens (including phenoxy) is 1. The molecule has 8 rings (SSSR count). The summed E-state index contributed by atoms with van der Waals surface area (Å²) >= 11 is 0. The summed E-state index contributed by atoms with van der Waals surface area (Å²) in [5.41, 5.74) is 7.80. The minimum Gasteiger partial charge on any atom is -0.491 e. The summed E-state index contributed by atoms with van der Waals surface area (Å²) in [7, 11) is 3.92. The average Bonchev–Trinajstić information content (AvgIpc) is 3.83. The van der Waals surface area contributed by atoms with E-state index in [1.807, 2.05) is 48.5 Å². The quantitative estimate of drug-likeness (QED) is 0.219. The Labute approximate surface area is 259 Å². The van der Waals surface area contributed by atoms with Crippen molar-refractivity contribution in [3.8, 4) is 16.9 Å². The molecule has 0 bridgehead atoms. The standard InChI is InChI=1S/C31H30N11O2P/c1-40-10-12-42(13-11-40)26-19-6-14-44-27(19)24(15-21(26)18-16-35-41(2)17-18)37-31-38-29-20(5-7-34-29)30(39-31)36-23-4-3-22-25(28(23)45-43)33-9-8-32-22/h3-5,7-9,15-17H,6,10-14H2,1-2H3,(H3,34,36,37,38,39). The monoisotopic (exact) mass is 619 g/mol. The van der Waals surface area contributed by atoms with E-state index >= 15 is 0 Å². The van der Waals surface area contributed by atoms with Crippen LogP contribution in [0.25, 0.3) is 33.2 Å². The Bertz CT molecular complexity index is 2080. The molecule has 2 aromatic carbocycles. The first-order chi connectivity index (χ1) is 22.1. The molecule has 6 heterocycles. The Morgan fingerprint density at radius 2 is 1.87 bits per heavy atom. The van der Waals surface area contributed by atoms with Gasteiger partial charge in [-0.25, -0.2) is 0 Å². The van der Waals surface area contributed by atoms with Gasteiger partial charge in [0.1, 0.15) is 22.7 Å². The zero-order valence-corrected chi connectivity index (χ0v) is 25.7. The number of rotatable bonds is 7. The van der Waals surface area contributed by atoms with Gasteiger partial charge in [-0.3, -0.25) is 19.2 Å². The van der Waals surface area contributed by atoms with Gasteiger partial charge in [-0.15, -0.1) is 0 Å². The van der Waals surface area contributed by atoms with E-state index in [4.69, 9.17) is 14.7 Å². The maximum atomic E-state index is 12.3. The molecule has 1 saturated heterocycles. The van der Waals surface area contributed by atoms with E-state index in [1.165, 1.54) is 11.3 Å². The first-order valence-electron chi connectivity index (χ1n) is 14.8. The van der Waals surface area contributed by atoms with Gasteiger partial charge in [-0.05, 0) is 31.3 Å². The van der Waals surface area contributed by atoms with Crippen LogP contribution in [0.1, 0.15) is 5.56 Å². The number of piperazine rings is 1. The number of fused-ring (bicyclic) bond motifs is 3. The number of nitrogens with zero attached hydrogens (tertiary/aromatic N) is 8. The molecule has 0 unspecified atom stereocenters. The number of H-pyrrole nitrogens is 1. The molecule has 45 heavy (non-hydrogen) atoms. The predicted octanol–water partition coefficient (Wildman–Crippen LogP) is 4.39. The van der Waals surface area contributed by atoms with Gasteiger partial charge in [0.2, 0.25) is 5.95 Å². The lowest BCUT2D eigenvalue weighted by Gasteiger charge is -2.36. The van der Waals surface area contributed by atoms with E-state index in [1.54, 1.807) is 12.4 Å². The van der Waals surface area contributed by atoms with Crippen LogP contribution in [-0.2, 0) is 18.0 Å². The third-order valence-corrected chi connectivity index (χ3v) is 9.04. The molecular formula is C31H30N11O2P. The lowest BCUT2D eigenvalue weighted by atomic mass is 9.97. The number of likely N-dealkylation sites (N-methyl/N-ethyl adjacent to an activating group) is 1. The van der Waals surface area contributed by atoms with Crippen molar-refractivity contribution in [2.45, 2.75) is 6.42 Å². The molecule has 14 heteroatoms. The number of hydrogen-bond acceptors (Lipinski definition) is 11. The predicted molar refractivity (Wildman–Crippen MR) is 175 cm³/mol. The third-order valence-electron chi connectivity index (χ3n) is 8.40. The van der Waals surface area contributed by atoms with Crippen molar-refractivity contribution in [1.82, 2.24) is 39.6 Å². The molecule has 6 aromatic rings. The highest BCUT2D eigenvalue weighted by Gasteiger charge is 2.30. The molecule has 0 atom stereocenters. The van der Waals surface area contributed by atoms with Crippen LogP contribution >= 0.6 is 8.46 Å². The summed E-state index contributed by atoms with van der Waals surface area (Å²) in [6, 6.07) is 7.71. The second kappa shape index (κ2) is 11.1. The summed E-state index contributed by atoms with van der Waals surface area (Å²) in [5.74, 6) is 1.76. The van der Waals surface area contributed by atoms with Gasteiger partial charge in [-0.1, -0.05) is 0 Å². The van der Waals surface area contributed by atoms with Crippen molar-refractivity contribution in [2.75, 3.05) is 55.4 Å². The molecular weight excluding hydrogens is 589 g/mol. The normalized spacial score (nSPS) is 15.1. The first-order valence-corrected chi connectivity index (χ1v) is 15.6. The Balaban J connectivity index is 1.22. The fourth-order valence-corrected chi connectivity index (χ4v) is 6.67. The van der Waals surface area contributed by atoms with Crippen LogP contribution in [0.5, 0.6) is 5.75 Å². The summed E-state index contributed by atoms with van der Waals surface area (Å²) in [6.45, 7) is 4.48. The van der Waals surface area contributed by atoms with Crippen LogP contribution in [-0.4, -0.2) is 79.4 Å². The molecule has 2 aliphatic rings. The average molecular weight is 620 g/mol. The summed E-state index contributed by atoms with van der Waals surface area (Å²) in [5, 5.41) is 12.6. The number of aromatic nitrogens is 7. The Hall–Kier alpha value is -5.13. The van der Waals surface area contributed by atoms with E-state index in [0.29, 0.717) is 46.0 Å². The van der Waals surface area contributed by atoms with Gasteiger partial charge >= 0.3 is 0 Å². The SMILES string of the molecule is CN1CCN(c2c(-c3cnn(C)c3)cc(Nc3nc(Nc4ccc5nccnc5c4P=O)c4cc[nH]c4n3)c3c2CCO3)CC1. The molecule has 0 spiro atoms. The lowest BCUT2D eigenvalue weighted by molar-refractivity contribution is 0.313. The molecule has 1 fully saturated rings. The van der Waals surface area contributed by atoms with Gasteiger partial charge in [-0.2, -0.15) is 15.1 Å². The summed E-state index contributed by atoms with van der Waals surface area (Å²) < 4.78 is 20.4. The minimum atomic E-state index is -0.177. The number of aryl methyl sites for hydroxylation is 1. The van der Waals surface area contributed by atoms with Crippen molar-refractivity contribution >= 4 is 64.7 Å². The van der Waals surface area contributed by atoms with Crippen molar-refractivity contribution in [1.29, 1.82) is 0 Å². The van der Waals surface area contributed by atoms with Crippen molar-refractivity contribution < 1.29 is 9.30 Å². The molecule has 0 saturated carbocycles. The number of anilines is 5. The summed E-state index contributed by atoms with van der Waals surface area (Å²) in [6.07, 6.45) is 9.79. The van der Waals surface area contributed by atoms with E-state index in [2.05, 4.69) is 53.6 Å². The van der Waals surface area contributed by atoms with E-state index in [0.717, 1.165) is 60.5 Å². The molecule has 2 aliphatic heterocycles. The minimum absolute atomic E-state index is 0.177. The largest absolute Gasteiger partial charge is 0.491 e. The van der Waals surface area contributed by atoms with Crippen LogP contribution in [0, 0.1) is 0 Å². The smallest absolute Gasteiger partial charge is 0.231 e. The molecule has 4 aromatic heterocycles. The zero-order chi connectivity index (χ0) is 30.5. The fourth-order valence-electron chi connectivity index (χ4n) is 6.18. The second-order valence-corrected chi connectivity index (χ2v) is 11.9. The van der Waals surface area contributed by atoms with Gasteiger partial charge in [0.15, 0.2) is 8.46 Å². The van der Waals surface area contributed by atoms with Crippen LogP contribution in [0.15, 0.2) is 55.2 Å². The highest BCUT2D eigenvalue weighted by molar-refractivity contribution is 7.35. The lowest BCUT2D eigenvalue weighted by Crippen LogP contribution is -2.45. The van der Waals surface area contributed by atoms with Crippen molar-refractivity contribution in [2.24, 2.45) is 7.05 Å². The van der Waals surface area contributed by atoms with Crippen LogP contribution in [0.4, 0.5) is 28.8 Å². The topological polar surface area (TPSA) is 142 Å². The molecule has 3 N–H and O–H groups in total. The third kappa shape index (κ3) is 4.90. The van der Waals surface area contributed by atoms with Gasteiger partial charge < -0.3 is 30.2 Å². The number of benzene rings is 2. The van der Waals surface area contributed by atoms with Crippen LogP contribution < -0.4 is 25.6 Å². The molecule has 0 aliphatic carbocycles. The molecule has 0 amide bonds. The fraction of sp³-hybridized carbons (Fsp3) is 0.258. The Kier molecular flexibility index (Phi) is 6.76. The molecule has 13 nitrogen and oxygen atoms in total. The molecule has 0 radical (unpaired) electrons. The number of nitrogens with one attached hydrogen (secondary N) is 3. The Morgan fingerprint density at radius 3 is 2.69 bits per heavy atom. The van der Waals surface area contributed by atoms with Gasteiger partial charge in [0.05, 0.1) is 46.1 Å². The van der Waals surface area contributed by atoms with E-state index < -0.39 is 0 Å². The maximum Gasteiger partial charge on any atom is 0.231 e. The second-order valence-electron chi connectivity index (χ2n) is 11.3. The van der Waals surface area contributed by atoms with E-state index in [9.17, 15) is 4.57 Å². The van der Waals surface area contributed by atoms with Crippen LogP contribution in [0.2, 0.25) is 0 Å². The molecule has 226 valence electrons. The van der Waals surface area contributed by atoms with Crippen molar-refractivity contribution in [3.63, 3.8) is 0 Å². The highest BCUT2D eigenvalue weighted by Crippen LogP contribution is 2.47. The van der Waals surface area contributed by atoms with Gasteiger partial charge in [0, 0.05) is 81.1 Å². The summed E-state index contributed by atoms with van der Waals surface area (Å²) in [4.78, 5) is 26.5. The van der Waals surface area contributed by atoms with Crippen molar-refractivity contribution in [3.05, 3.63) is 60.8 Å². The van der Waals surface area contributed by atoms with E-state index in [-0.39, 0.29) is 8.46 Å². The first kappa shape index (κ1) is 27.4. The maximum absolute atomic E-state index is 12.3. The van der Waals surface area contributed by atoms with Crippen LogP contribution in [0.3, 0.4) is 0 Å².